The van der Waals surface area contributed by atoms with Crippen LogP contribution < -0.4 is 15.0 Å². The van der Waals surface area contributed by atoms with Crippen molar-refractivity contribution in [2.75, 3.05) is 45.7 Å². The first-order chi connectivity index (χ1) is 15.4. The number of fused-ring (bicyclic) bond motifs is 1. The number of hydrogen-bond acceptors (Lipinski definition) is 6. The zero-order chi connectivity index (χ0) is 23.1. The van der Waals surface area contributed by atoms with Crippen LogP contribution in [0.3, 0.4) is 0 Å². The highest BCUT2D eigenvalue weighted by molar-refractivity contribution is 7.99. The second kappa shape index (κ2) is 11.1. The third kappa shape index (κ3) is 5.63. The van der Waals surface area contributed by atoms with Crippen molar-refractivity contribution < 1.29 is 19.1 Å². The number of nitrogens with one attached hydrogen (secondary N) is 1. The van der Waals surface area contributed by atoms with Gasteiger partial charge in [-0.3, -0.25) is 4.79 Å². The molecule has 0 spiro atoms. The number of para-hydroxylation sites is 1. The molecule has 1 aliphatic rings. The lowest BCUT2D eigenvalue weighted by Crippen LogP contribution is -2.46. The number of rotatable bonds is 8. The molecule has 1 aliphatic heterocycles. The summed E-state index contributed by atoms with van der Waals surface area (Å²) in [5.74, 6) is 0.465. The van der Waals surface area contributed by atoms with Crippen LogP contribution in [0.15, 0.2) is 66.1 Å². The summed E-state index contributed by atoms with van der Waals surface area (Å²) in [5, 5.41) is 2.19. The molecule has 2 aromatic rings. The maximum absolute atomic E-state index is 13.8. The first kappa shape index (κ1) is 23.7. The molecule has 2 amide bonds. The van der Waals surface area contributed by atoms with E-state index in [1.807, 2.05) is 67.5 Å². The second-order valence-corrected chi connectivity index (χ2v) is 8.75. The van der Waals surface area contributed by atoms with Crippen molar-refractivity contribution in [3.63, 3.8) is 0 Å². The molecule has 0 aromatic heterocycles. The first-order valence-electron chi connectivity index (χ1n) is 10.4. The van der Waals surface area contributed by atoms with E-state index in [1.165, 1.54) is 11.8 Å². The van der Waals surface area contributed by atoms with Gasteiger partial charge in [-0.2, -0.15) is 0 Å². The highest BCUT2D eigenvalue weighted by Crippen LogP contribution is 2.46. The van der Waals surface area contributed by atoms with E-state index >= 15 is 0 Å². The minimum atomic E-state index is -1.01. The van der Waals surface area contributed by atoms with Crippen LogP contribution >= 0.6 is 11.8 Å². The van der Waals surface area contributed by atoms with Crippen LogP contribution in [0.1, 0.15) is 10.8 Å². The second-order valence-electron chi connectivity index (χ2n) is 7.57. The van der Waals surface area contributed by atoms with Crippen molar-refractivity contribution in [2.24, 2.45) is 0 Å². The number of thioether (sulfide) groups is 1. The topological polar surface area (TPSA) is 71.1 Å². The fourth-order valence-corrected chi connectivity index (χ4v) is 4.69. The van der Waals surface area contributed by atoms with E-state index in [0.717, 1.165) is 16.1 Å². The normalized spacial score (nSPS) is 18.0. The number of carbonyl (C=O) groups excluding carboxylic acids is 2. The molecule has 0 saturated heterocycles. The Hall–Kier alpha value is -2.97. The molecule has 0 unspecified atom stereocenters. The van der Waals surface area contributed by atoms with E-state index in [0.29, 0.717) is 18.8 Å². The number of nitrogens with zero attached hydrogens (tertiary/aromatic N) is 2. The Labute approximate surface area is 193 Å². The van der Waals surface area contributed by atoms with Crippen LogP contribution in [0.4, 0.5) is 10.5 Å². The molecule has 0 radical (unpaired) electrons. The lowest BCUT2D eigenvalue weighted by Gasteiger charge is -2.28. The zero-order valence-electron chi connectivity index (χ0n) is 18.6. The molecule has 0 aliphatic carbocycles. The Balaban J connectivity index is 2.03. The molecule has 0 saturated carbocycles. The van der Waals surface area contributed by atoms with E-state index in [2.05, 4.69) is 11.9 Å². The summed E-state index contributed by atoms with van der Waals surface area (Å²) in [6.45, 7) is 5.01. The molecule has 0 bridgehead atoms. The molecule has 8 heteroatoms. The van der Waals surface area contributed by atoms with Gasteiger partial charge in [-0.1, -0.05) is 30.3 Å². The summed E-state index contributed by atoms with van der Waals surface area (Å²) < 4.78 is 11.0. The number of anilines is 1. The van der Waals surface area contributed by atoms with E-state index in [1.54, 1.807) is 18.1 Å². The van der Waals surface area contributed by atoms with Crippen molar-refractivity contribution in [1.29, 1.82) is 0 Å². The summed E-state index contributed by atoms with van der Waals surface area (Å²) >= 11 is 1.52. The van der Waals surface area contributed by atoms with Gasteiger partial charge in [-0.15, -0.1) is 18.3 Å². The van der Waals surface area contributed by atoms with Crippen LogP contribution in [0.2, 0.25) is 0 Å². The summed E-state index contributed by atoms with van der Waals surface area (Å²) in [6, 6.07) is 15.3. The van der Waals surface area contributed by atoms with Crippen molar-refractivity contribution in [2.45, 2.75) is 16.2 Å². The van der Waals surface area contributed by atoms with Gasteiger partial charge in [0.25, 0.3) is 5.91 Å². The average Bonchev–Trinajstić information content (AvgIpc) is 2.91. The number of methoxy groups -OCH3 is 1. The molecule has 7 nitrogen and oxygen atoms in total. The van der Waals surface area contributed by atoms with Gasteiger partial charge in [0.2, 0.25) is 0 Å². The molecule has 170 valence electrons. The minimum Gasteiger partial charge on any atom is -0.497 e. The SMILES string of the molecule is C=CCNC(=O)O[C@@H]1C(=O)N(CCN(C)C)c2ccccc2S[C@@H]1c1ccc(OC)cc1. The molecule has 32 heavy (non-hydrogen) atoms. The first-order valence-corrected chi connectivity index (χ1v) is 11.2. The van der Waals surface area contributed by atoms with Crippen LogP contribution in [0.5, 0.6) is 5.75 Å². The van der Waals surface area contributed by atoms with Gasteiger partial charge in [0.1, 0.15) is 5.75 Å². The molecule has 2 aromatic carbocycles. The third-order valence-corrected chi connectivity index (χ3v) is 6.41. The summed E-state index contributed by atoms with van der Waals surface area (Å²) in [5.41, 5.74) is 1.69. The van der Waals surface area contributed by atoms with Crippen molar-refractivity contribution >= 4 is 29.4 Å². The van der Waals surface area contributed by atoms with Gasteiger partial charge in [0, 0.05) is 24.5 Å². The monoisotopic (exact) mass is 455 g/mol. The summed E-state index contributed by atoms with van der Waals surface area (Å²) in [7, 11) is 5.52. The highest BCUT2D eigenvalue weighted by atomic mass is 32.2. The molecule has 0 fully saturated rings. The largest absolute Gasteiger partial charge is 0.497 e. The molecular formula is C24H29N3O4S. The zero-order valence-corrected chi connectivity index (χ0v) is 19.4. The fraction of sp³-hybridized carbons (Fsp3) is 0.333. The molecule has 1 N–H and O–H groups in total. The molecule has 2 atom stereocenters. The Bertz CT molecular complexity index is 949. The quantitative estimate of drug-likeness (QED) is 0.612. The number of ether oxygens (including phenoxy) is 2. The van der Waals surface area contributed by atoms with E-state index in [-0.39, 0.29) is 12.5 Å². The van der Waals surface area contributed by atoms with Crippen molar-refractivity contribution in [3.05, 3.63) is 66.7 Å². The smallest absolute Gasteiger partial charge is 0.408 e. The van der Waals surface area contributed by atoms with E-state index in [9.17, 15) is 9.59 Å². The van der Waals surface area contributed by atoms with Crippen LogP contribution in [-0.2, 0) is 9.53 Å². The number of amides is 2. The maximum Gasteiger partial charge on any atom is 0.408 e. The Morgan fingerprint density at radius 1 is 1.22 bits per heavy atom. The Morgan fingerprint density at radius 2 is 1.94 bits per heavy atom. The van der Waals surface area contributed by atoms with Crippen LogP contribution in [-0.4, -0.2) is 63.8 Å². The van der Waals surface area contributed by atoms with Crippen LogP contribution in [0.25, 0.3) is 0 Å². The van der Waals surface area contributed by atoms with E-state index in [4.69, 9.17) is 9.47 Å². The lowest BCUT2D eigenvalue weighted by atomic mass is 10.1. The van der Waals surface area contributed by atoms with Gasteiger partial charge < -0.3 is 24.6 Å². The summed E-state index contributed by atoms with van der Waals surface area (Å²) in [4.78, 5) is 30.9. The van der Waals surface area contributed by atoms with Crippen molar-refractivity contribution in [1.82, 2.24) is 10.2 Å². The third-order valence-electron chi connectivity index (χ3n) is 5.03. The Kier molecular flexibility index (Phi) is 8.19. The van der Waals surface area contributed by atoms with Crippen molar-refractivity contribution in [3.8, 4) is 5.75 Å². The maximum atomic E-state index is 13.8. The standard InChI is InChI=1S/C24H29N3O4S/c1-5-14-25-24(29)31-21-22(17-10-12-18(30-4)13-11-17)32-20-9-7-6-8-19(20)27(23(21)28)16-15-26(2)3/h5-13,21-22H,1,14-16H2,2-4H3,(H,25,29)/t21-,22+/m0/s1. The lowest BCUT2D eigenvalue weighted by molar-refractivity contribution is -0.126. The number of likely N-dealkylation sites (N-methyl/N-ethyl adjacent to an activating group) is 1. The van der Waals surface area contributed by atoms with E-state index < -0.39 is 17.4 Å². The summed E-state index contributed by atoms with van der Waals surface area (Å²) in [6.07, 6.45) is -0.0980. The minimum absolute atomic E-state index is 0.251. The number of carbonyl (C=O) groups is 2. The molecular weight excluding hydrogens is 426 g/mol. The molecule has 3 rings (SSSR count). The number of alkyl carbamates (subject to hydrolysis) is 1. The number of hydrogen-bond donors (Lipinski definition) is 1. The fourth-order valence-electron chi connectivity index (χ4n) is 3.37. The van der Waals surface area contributed by atoms with Gasteiger partial charge in [-0.05, 0) is 43.9 Å². The highest BCUT2D eigenvalue weighted by Gasteiger charge is 2.41. The Morgan fingerprint density at radius 3 is 2.59 bits per heavy atom. The number of benzene rings is 2. The van der Waals surface area contributed by atoms with Gasteiger partial charge in [0.05, 0.1) is 18.0 Å². The van der Waals surface area contributed by atoms with Gasteiger partial charge in [0.15, 0.2) is 6.10 Å². The predicted octanol–water partition coefficient (Wildman–Crippen LogP) is 3.72. The molecule has 1 heterocycles. The van der Waals surface area contributed by atoms with Gasteiger partial charge >= 0.3 is 6.09 Å². The average molecular weight is 456 g/mol. The van der Waals surface area contributed by atoms with Crippen LogP contribution in [0, 0.1) is 0 Å². The predicted molar refractivity (Wildman–Crippen MR) is 127 cm³/mol. The van der Waals surface area contributed by atoms with Gasteiger partial charge in [-0.25, -0.2) is 4.79 Å².